The van der Waals surface area contributed by atoms with Crippen LogP contribution in [0.15, 0.2) is 53.6 Å². The van der Waals surface area contributed by atoms with Crippen molar-refractivity contribution in [3.05, 3.63) is 82.7 Å². The molecule has 0 fully saturated rings. The first kappa shape index (κ1) is 26.0. The number of anilines is 1. The van der Waals surface area contributed by atoms with Gasteiger partial charge in [-0.25, -0.2) is 26.4 Å². The summed E-state index contributed by atoms with van der Waals surface area (Å²) in [5, 5.41) is 9.00. The molecule has 1 heterocycles. The molecule has 2 aromatic carbocycles. The highest BCUT2D eigenvalue weighted by Gasteiger charge is 2.30. The Morgan fingerprint density at radius 3 is 2.26 bits per heavy atom. The summed E-state index contributed by atoms with van der Waals surface area (Å²) in [6, 6.07) is 7.68. The zero-order valence-electron chi connectivity index (χ0n) is 19.1. The Morgan fingerprint density at radius 1 is 1.09 bits per heavy atom. The molecule has 0 amide bonds. The van der Waals surface area contributed by atoms with Crippen molar-refractivity contribution in [2.24, 2.45) is 0 Å². The molecule has 1 atom stereocenters. The number of aromatic carboxylic acids is 1. The Labute approximate surface area is 200 Å². The highest BCUT2D eigenvalue weighted by molar-refractivity contribution is 7.92. The Balaban J connectivity index is 2.06. The number of halogens is 3. The predicted octanol–water partition coefficient (Wildman–Crippen LogP) is 4.81. The van der Waals surface area contributed by atoms with Gasteiger partial charge in [-0.05, 0) is 68.3 Å². The van der Waals surface area contributed by atoms with E-state index in [0.29, 0.717) is 33.8 Å². The third-order valence-electron chi connectivity index (χ3n) is 5.13. The number of carbonyl (C=O) groups is 1. The van der Waals surface area contributed by atoms with Crippen molar-refractivity contribution >= 4 is 21.7 Å². The molecule has 11 heteroatoms. The molecule has 0 aliphatic carbocycles. The number of aryl methyl sites for hydroxylation is 2. The van der Waals surface area contributed by atoms with Crippen molar-refractivity contribution in [3.63, 3.8) is 0 Å². The molecule has 0 bridgehead atoms. The maximum atomic E-state index is 14.2. The number of pyridine rings is 1. The summed E-state index contributed by atoms with van der Waals surface area (Å²) >= 11 is 0. The maximum absolute atomic E-state index is 14.2. The van der Waals surface area contributed by atoms with Crippen LogP contribution in [0.5, 0.6) is 5.75 Å². The van der Waals surface area contributed by atoms with E-state index in [0.717, 1.165) is 18.7 Å². The van der Waals surface area contributed by atoms with Gasteiger partial charge in [0, 0.05) is 12.3 Å². The molecule has 1 unspecified atom stereocenters. The van der Waals surface area contributed by atoms with E-state index >= 15 is 0 Å². The molecule has 186 valence electrons. The normalized spacial score (nSPS) is 12.3. The molecule has 0 aliphatic heterocycles. The minimum absolute atomic E-state index is 0.0165. The van der Waals surface area contributed by atoms with Gasteiger partial charge in [0.2, 0.25) is 0 Å². The molecule has 0 radical (unpaired) electrons. The summed E-state index contributed by atoms with van der Waals surface area (Å²) in [5.74, 6) is -3.26. The number of carboxylic acids is 1. The molecular weight excluding hydrogens is 485 g/mol. The van der Waals surface area contributed by atoms with Crippen LogP contribution in [0.4, 0.5) is 18.9 Å². The van der Waals surface area contributed by atoms with Crippen molar-refractivity contribution in [3.8, 4) is 5.75 Å². The van der Waals surface area contributed by atoms with Gasteiger partial charge in [0.1, 0.15) is 30.2 Å². The van der Waals surface area contributed by atoms with Crippen LogP contribution in [0.3, 0.4) is 0 Å². The molecule has 1 aromatic heterocycles. The molecule has 3 rings (SSSR count). The van der Waals surface area contributed by atoms with Crippen LogP contribution in [0.2, 0.25) is 0 Å². The topological polar surface area (TPSA) is 96.8 Å². The zero-order chi connectivity index (χ0) is 25.9. The summed E-state index contributed by atoms with van der Waals surface area (Å²) < 4.78 is 75.1. The molecule has 35 heavy (non-hydrogen) atoms. The third kappa shape index (κ3) is 6.10. The van der Waals surface area contributed by atoms with Gasteiger partial charge in [0.25, 0.3) is 10.0 Å². The fraction of sp³-hybridized carbons (Fsp3) is 0.250. The van der Waals surface area contributed by atoms with Gasteiger partial charge < -0.3 is 9.84 Å². The van der Waals surface area contributed by atoms with E-state index < -0.39 is 45.2 Å². The predicted molar refractivity (Wildman–Crippen MR) is 123 cm³/mol. The van der Waals surface area contributed by atoms with Crippen LogP contribution in [0.25, 0.3) is 0 Å². The fourth-order valence-corrected chi connectivity index (χ4v) is 4.81. The molecular formula is C24H23F3N2O5S. The quantitative estimate of drug-likeness (QED) is 0.446. The number of alkyl halides is 1. The number of hydrogen-bond acceptors (Lipinski definition) is 5. The number of nitrogens with zero attached hydrogens (tertiary/aromatic N) is 2. The number of sulfonamides is 1. The fourth-order valence-electron chi connectivity index (χ4n) is 3.23. The van der Waals surface area contributed by atoms with Crippen molar-refractivity contribution < 1.29 is 36.2 Å². The van der Waals surface area contributed by atoms with Crippen LogP contribution in [0.1, 0.15) is 34.1 Å². The van der Waals surface area contributed by atoms with E-state index in [4.69, 9.17) is 9.84 Å². The minimum Gasteiger partial charge on any atom is -0.485 e. The lowest BCUT2D eigenvalue weighted by atomic mass is 10.1. The Hall–Kier alpha value is -3.60. The van der Waals surface area contributed by atoms with Crippen molar-refractivity contribution in [1.29, 1.82) is 0 Å². The van der Waals surface area contributed by atoms with Gasteiger partial charge >= 0.3 is 5.97 Å². The average molecular weight is 509 g/mol. The minimum atomic E-state index is -4.59. The standard InChI is InChI=1S/C24H23F3N2O5S/c1-14-6-22(23(7-15(14)2)34-13-20-5-4-17(11-28-20)24(30)31)29(12-16(3)25)35(32,33)21-9-18(26)8-19(27)10-21/h4-11,16H,12-13H2,1-3H3,(H,30,31). The Morgan fingerprint density at radius 2 is 1.71 bits per heavy atom. The summed E-state index contributed by atoms with van der Waals surface area (Å²) in [4.78, 5) is 14.3. The largest absolute Gasteiger partial charge is 0.485 e. The molecule has 0 aliphatic rings. The number of benzene rings is 2. The van der Waals surface area contributed by atoms with Gasteiger partial charge in [0.15, 0.2) is 0 Å². The van der Waals surface area contributed by atoms with E-state index in [1.165, 1.54) is 18.2 Å². The molecule has 7 nitrogen and oxygen atoms in total. The number of carboxylic acid groups (broad SMARTS) is 1. The first-order valence-corrected chi connectivity index (χ1v) is 11.9. The van der Waals surface area contributed by atoms with E-state index in [1.807, 2.05) is 0 Å². The summed E-state index contributed by atoms with van der Waals surface area (Å²) in [6.45, 7) is 3.86. The lowest BCUT2D eigenvalue weighted by molar-refractivity contribution is 0.0696. The molecule has 0 saturated carbocycles. The second kappa shape index (κ2) is 10.3. The van der Waals surface area contributed by atoms with Crippen LogP contribution in [0, 0.1) is 25.5 Å². The number of aromatic nitrogens is 1. The lowest BCUT2D eigenvalue weighted by Gasteiger charge is -2.28. The first-order chi connectivity index (χ1) is 16.4. The van der Waals surface area contributed by atoms with E-state index in [1.54, 1.807) is 19.9 Å². The van der Waals surface area contributed by atoms with Crippen molar-refractivity contribution in [2.75, 3.05) is 10.8 Å². The smallest absolute Gasteiger partial charge is 0.337 e. The first-order valence-electron chi connectivity index (χ1n) is 10.4. The van der Waals surface area contributed by atoms with Gasteiger partial charge in [-0.2, -0.15) is 0 Å². The van der Waals surface area contributed by atoms with Crippen LogP contribution in [-0.4, -0.2) is 37.2 Å². The monoisotopic (exact) mass is 508 g/mol. The third-order valence-corrected chi connectivity index (χ3v) is 6.89. The highest BCUT2D eigenvalue weighted by atomic mass is 32.2. The average Bonchev–Trinajstić information content (AvgIpc) is 2.77. The van der Waals surface area contributed by atoms with E-state index in [2.05, 4.69) is 4.98 Å². The van der Waals surface area contributed by atoms with Crippen LogP contribution in [-0.2, 0) is 16.6 Å². The number of hydrogen-bond donors (Lipinski definition) is 1. The lowest BCUT2D eigenvalue weighted by Crippen LogP contribution is -2.36. The van der Waals surface area contributed by atoms with Gasteiger partial charge in [-0.15, -0.1) is 0 Å². The van der Waals surface area contributed by atoms with Gasteiger partial charge in [0.05, 0.1) is 28.4 Å². The second-order valence-corrected chi connectivity index (χ2v) is 9.82. The Bertz CT molecular complexity index is 1330. The number of ether oxygens (including phenoxy) is 1. The molecule has 3 aromatic rings. The Kier molecular flexibility index (Phi) is 7.69. The molecule has 1 N–H and O–H groups in total. The summed E-state index contributed by atoms with van der Waals surface area (Å²) in [6.07, 6.45) is -0.467. The second-order valence-electron chi connectivity index (χ2n) is 7.96. The molecule has 0 saturated heterocycles. The van der Waals surface area contributed by atoms with Crippen LogP contribution >= 0.6 is 0 Å². The highest BCUT2D eigenvalue weighted by Crippen LogP contribution is 2.36. The van der Waals surface area contributed by atoms with E-state index in [9.17, 15) is 26.4 Å². The number of rotatable bonds is 9. The maximum Gasteiger partial charge on any atom is 0.337 e. The summed E-state index contributed by atoms with van der Waals surface area (Å²) in [5.41, 5.74) is 1.75. The van der Waals surface area contributed by atoms with Crippen LogP contribution < -0.4 is 9.04 Å². The zero-order valence-corrected chi connectivity index (χ0v) is 19.9. The van der Waals surface area contributed by atoms with E-state index in [-0.39, 0.29) is 23.6 Å². The van der Waals surface area contributed by atoms with Crippen molar-refractivity contribution in [2.45, 2.75) is 38.4 Å². The summed E-state index contributed by atoms with van der Waals surface area (Å²) in [7, 11) is -4.59. The SMILES string of the molecule is Cc1cc(OCc2ccc(C(=O)O)cn2)c(N(CC(C)F)S(=O)(=O)c2cc(F)cc(F)c2)cc1C. The van der Waals surface area contributed by atoms with Gasteiger partial charge in [-0.3, -0.25) is 9.29 Å². The van der Waals surface area contributed by atoms with Gasteiger partial charge in [-0.1, -0.05) is 0 Å². The molecule has 0 spiro atoms. The van der Waals surface area contributed by atoms with Crippen molar-refractivity contribution in [1.82, 2.24) is 4.98 Å².